The third-order valence-electron chi connectivity index (χ3n) is 3.32. The number of para-hydroxylation sites is 4. The fourth-order valence-electron chi connectivity index (χ4n) is 2.24. The normalized spacial score (nSPS) is 10.3. The topological polar surface area (TPSA) is 59.6 Å². The van der Waals surface area contributed by atoms with Crippen molar-refractivity contribution in [3.63, 3.8) is 0 Å². The van der Waals surface area contributed by atoms with Gasteiger partial charge in [0.1, 0.15) is 18.1 Å². The van der Waals surface area contributed by atoms with Gasteiger partial charge in [-0.3, -0.25) is 4.79 Å². The molecule has 0 aliphatic heterocycles. The first-order valence-corrected chi connectivity index (χ1v) is 8.61. The van der Waals surface area contributed by atoms with Gasteiger partial charge in [-0.1, -0.05) is 30.8 Å². The lowest BCUT2D eigenvalue weighted by atomic mass is 10.2. The van der Waals surface area contributed by atoms with Gasteiger partial charge in [0.15, 0.2) is 0 Å². The predicted octanol–water partition coefficient (Wildman–Crippen LogP) is 4.48. The second-order valence-electron chi connectivity index (χ2n) is 6.31. The molecule has 5 nitrogen and oxygen atoms in total. The Bertz CT molecular complexity index is 756. The molecule has 138 valence electrons. The molecule has 2 rings (SSSR count). The van der Waals surface area contributed by atoms with Crippen LogP contribution < -0.4 is 20.1 Å². The molecule has 0 saturated heterocycles. The van der Waals surface area contributed by atoms with Gasteiger partial charge >= 0.3 is 0 Å². The zero-order valence-electron chi connectivity index (χ0n) is 15.5. The van der Waals surface area contributed by atoms with Crippen LogP contribution in [-0.2, 0) is 4.79 Å². The summed E-state index contributed by atoms with van der Waals surface area (Å²) in [6.45, 7) is 10.2. The number of anilines is 2. The Morgan fingerprint density at radius 3 is 2.31 bits per heavy atom. The smallest absolute Gasteiger partial charge is 0.243 e. The molecule has 0 heterocycles. The number of carbonyl (C=O) groups excluding carboxylic acids is 1. The molecule has 5 heteroatoms. The highest BCUT2D eigenvalue weighted by Crippen LogP contribution is 2.26. The van der Waals surface area contributed by atoms with Crippen LogP contribution in [0.3, 0.4) is 0 Å². The molecule has 0 radical (unpaired) electrons. The van der Waals surface area contributed by atoms with Crippen LogP contribution in [0.5, 0.6) is 11.5 Å². The summed E-state index contributed by atoms with van der Waals surface area (Å²) in [5, 5.41) is 5.98. The Labute approximate surface area is 155 Å². The quantitative estimate of drug-likeness (QED) is 0.652. The van der Waals surface area contributed by atoms with Crippen molar-refractivity contribution in [3.8, 4) is 11.5 Å². The van der Waals surface area contributed by atoms with Gasteiger partial charge in [0.2, 0.25) is 5.91 Å². The lowest BCUT2D eigenvalue weighted by Crippen LogP contribution is -2.22. The second-order valence-corrected chi connectivity index (χ2v) is 6.31. The Morgan fingerprint density at radius 1 is 1.04 bits per heavy atom. The molecule has 0 atom stereocenters. The molecule has 2 N–H and O–H groups in total. The molecule has 0 aliphatic carbocycles. The van der Waals surface area contributed by atoms with E-state index in [2.05, 4.69) is 17.2 Å². The molecule has 0 aliphatic rings. The van der Waals surface area contributed by atoms with E-state index in [4.69, 9.17) is 9.47 Å². The molecule has 1 amide bonds. The number of nitrogens with one attached hydrogen (secondary N) is 2. The lowest BCUT2D eigenvalue weighted by molar-refractivity contribution is -0.114. The molecule has 26 heavy (non-hydrogen) atoms. The molecule has 0 saturated carbocycles. The highest BCUT2D eigenvalue weighted by Gasteiger charge is 2.10. The third kappa shape index (κ3) is 6.16. The SMILES string of the molecule is C=C(C)COc1ccccc1NC(=O)CNc1ccccc1OC(C)C. The number of carbonyl (C=O) groups is 1. The van der Waals surface area contributed by atoms with E-state index in [-0.39, 0.29) is 18.6 Å². The Hall–Kier alpha value is -2.95. The van der Waals surface area contributed by atoms with Gasteiger partial charge in [0.25, 0.3) is 0 Å². The van der Waals surface area contributed by atoms with Crippen molar-refractivity contribution in [2.75, 3.05) is 23.8 Å². The van der Waals surface area contributed by atoms with Crippen LogP contribution in [0.4, 0.5) is 11.4 Å². The first-order chi connectivity index (χ1) is 12.5. The van der Waals surface area contributed by atoms with Gasteiger partial charge in [-0.2, -0.15) is 0 Å². The van der Waals surface area contributed by atoms with Crippen molar-refractivity contribution in [1.29, 1.82) is 0 Å². The maximum atomic E-state index is 12.3. The maximum absolute atomic E-state index is 12.3. The lowest BCUT2D eigenvalue weighted by Gasteiger charge is -2.16. The summed E-state index contributed by atoms with van der Waals surface area (Å²) < 4.78 is 11.4. The monoisotopic (exact) mass is 354 g/mol. The largest absolute Gasteiger partial charge is 0.489 e. The first-order valence-electron chi connectivity index (χ1n) is 8.61. The molecule has 2 aromatic carbocycles. The molecular weight excluding hydrogens is 328 g/mol. The Morgan fingerprint density at radius 2 is 1.65 bits per heavy atom. The van der Waals surface area contributed by atoms with Crippen LogP contribution in [0.15, 0.2) is 60.7 Å². The van der Waals surface area contributed by atoms with E-state index in [0.29, 0.717) is 18.0 Å². The van der Waals surface area contributed by atoms with Crippen LogP contribution in [0.2, 0.25) is 0 Å². The number of amides is 1. The van der Waals surface area contributed by atoms with Gasteiger partial charge in [-0.05, 0) is 50.6 Å². The molecule has 0 fully saturated rings. The number of hydrogen-bond donors (Lipinski definition) is 2. The zero-order chi connectivity index (χ0) is 18.9. The van der Waals surface area contributed by atoms with Crippen LogP contribution >= 0.6 is 0 Å². The van der Waals surface area contributed by atoms with Gasteiger partial charge in [-0.25, -0.2) is 0 Å². The molecule has 0 unspecified atom stereocenters. The minimum Gasteiger partial charge on any atom is -0.489 e. The maximum Gasteiger partial charge on any atom is 0.243 e. The van der Waals surface area contributed by atoms with E-state index < -0.39 is 0 Å². The summed E-state index contributed by atoms with van der Waals surface area (Å²) in [5.74, 6) is 1.17. The van der Waals surface area contributed by atoms with Crippen LogP contribution in [-0.4, -0.2) is 25.2 Å². The standard InChI is InChI=1S/C21H26N2O3/c1-15(2)14-25-19-11-7-6-10-18(19)23-21(24)13-22-17-9-5-8-12-20(17)26-16(3)4/h5-12,16,22H,1,13-14H2,2-4H3,(H,23,24). The van der Waals surface area contributed by atoms with Crippen LogP contribution in [0, 0.1) is 0 Å². The van der Waals surface area contributed by atoms with E-state index in [1.165, 1.54) is 0 Å². The summed E-state index contributed by atoms with van der Waals surface area (Å²) in [7, 11) is 0. The summed E-state index contributed by atoms with van der Waals surface area (Å²) in [4.78, 5) is 12.3. The molecule has 2 aromatic rings. The summed E-state index contributed by atoms with van der Waals surface area (Å²) in [6.07, 6.45) is 0.0594. The minimum atomic E-state index is -0.171. The summed E-state index contributed by atoms with van der Waals surface area (Å²) in [6, 6.07) is 14.9. The van der Waals surface area contributed by atoms with Crippen molar-refractivity contribution in [3.05, 3.63) is 60.7 Å². The average Bonchev–Trinajstić information content (AvgIpc) is 2.59. The zero-order valence-corrected chi connectivity index (χ0v) is 15.5. The van der Waals surface area contributed by atoms with Crippen LogP contribution in [0.25, 0.3) is 0 Å². The van der Waals surface area contributed by atoms with Gasteiger partial charge in [-0.15, -0.1) is 0 Å². The third-order valence-corrected chi connectivity index (χ3v) is 3.32. The van der Waals surface area contributed by atoms with Crippen molar-refractivity contribution < 1.29 is 14.3 Å². The second kappa shape index (κ2) is 9.51. The molecule has 0 aromatic heterocycles. The van der Waals surface area contributed by atoms with E-state index in [1.54, 1.807) is 0 Å². The van der Waals surface area contributed by atoms with Crippen molar-refractivity contribution in [2.24, 2.45) is 0 Å². The average molecular weight is 354 g/mol. The first kappa shape index (κ1) is 19.4. The van der Waals surface area contributed by atoms with Gasteiger partial charge in [0.05, 0.1) is 24.0 Å². The number of ether oxygens (including phenoxy) is 2. The molecular formula is C21H26N2O3. The highest BCUT2D eigenvalue weighted by molar-refractivity contribution is 5.95. The Kier molecular flexibility index (Phi) is 7.09. The van der Waals surface area contributed by atoms with Gasteiger partial charge in [0, 0.05) is 0 Å². The van der Waals surface area contributed by atoms with Crippen LogP contribution in [0.1, 0.15) is 20.8 Å². The number of hydrogen-bond acceptors (Lipinski definition) is 4. The fourth-order valence-corrected chi connectivity index (χ4v) is 2.24. The van der Waals surface area contributed by atoms with E-state index in [0.717, 1.165) is 17.0 Å². The molecule has 0 bridgehead atoms. The Balaban J connectivity index is 1.97. The predicted molar refractivity (Wildman–Crippen MR) is 106 cm³/mol. The van der Waals surface area contributed by atoms with E-state index in [1.807, 2.05) is 69.3 Å². The van der Waals surface area contributed by atoms with E-state index >= 15 is 0 Å². The number of benzene rings is 2. The van der Waals surface area contributed by atoms with Crippen molar-refractivity contribution in [2.45, 2.75) is 26.9 Å². The van der Waals surface area contributed by atoms with Crippen molar-refractivity contribution in [1.82, 2.24) is 0 Å². The minimum absolute atomic E-state index is 0.0594. The van der Waals surface area contributed by atoms with E-state index in [9.17, 15) is 4.79 Å². The fraction of sp³-hybridized carbons (Fsp3) is 0.286. The van der Waals surface area contributed by atoms with Crippen molar-refractivity contribution >= 4 is 17.3 Å². The highest BCUT2D eigenvalue weighted by atomic mass is 16.5. The number of rotatable bonds is 9. The summed E-state index contributed by atoms with van der Waals surface area (Å²) in [5.41, 5.74) is 2.32. The summed E-state index contributed by atoms with van der Waals surface area (Å²) >= 11 is 0. The molecule has 0 spiro atoms. The van der Waals surface area contributed by atoms with Gasteiger partial charge < -0.3 is 20.1 Å².